The normalized spacial score (nSPS) is 20.6. The molecule has 0 aromatic heterocycles. The largest absolute Gasteiger partial charge is 0.304 e. The summed E-state index contributed by atoms with van der Waals surface area (Å²) in [6, 6.07) is 23.2. The lowest BCUT2D eigenvalue weighted by Gasteiger charge is -2.33. The Bertz CT molecular complexity index is 1120. The fourth-order valence-electron chi connectivity index (χ4n) is 4.09. The van der Waals surface area contributed by atoms with Crippen LogP contribution in [0.2, 0.25) is 0 Å². The molecule has 6 heteroatoms. The molecule has 0 bridgehead atoms. The first-order valence-electron chi connectivity index (χ1n) is 9.30. The van der Waals surface area contributed by atoms with Gasteiger partial charge in [-0.05, 0) is 24.3 Å². The van der Waals surface area contributed by atoms with Gasteiger partial charge in [0.05, 0.1) is 18.0 Å². The monoisotopic (exact) mass is 404 g/mol. The molecule has 2 aliphatic heterocycles. The van der Waals surface area contributed by atoms with Gasteiger partial charge in [0, 0.05) is 16.8 Å². The van der Waals surface area contributed by atoms with Crippen molar-refractivity contribution in [3.63, 3.8) is 0 Å². The number of benzene rings is 3. The van der Waals surface area contributed by atoms with E-state index in [0.29, 0.717) is 16.9 Å². The molecular weight excluding hydrogens is 387 g/mol. The summed E-state index contributed by atoms with van der Waals surface area (Å²) in [5.41, 5.74) is 2.59. The molecular formula is C23H17FN2O2S. The zero-order chi connectivity index (χ0) is 20.0. The summed E-state index contributed by atoms with van der Waals surface area (Å²) in [6.45, 7) is 0.113. The maximum absolute atomic E-state index is 14.3. The van der Waals surface area contributed by atoms with Gasteiger partial charge >= 0.3 is 0 Å². The summed E-state index contributed by atoms with van der Waals surface area (Å²) in [6.07, 6.45) is 0. The van der Waals surface area contributed by atoms with Gasteiger partial charge < -0.3 is 4.90 Å². The van der Waals surface area contributed by atoms with Gasteiger partial charge in [-0.1, -0.05) is 54.6 Å². The van der Waals surface area contributed by atoms with Gasteiger partial charge in [0.1, 0.15) is 5.82 Å². The third-order valence-electron chi connectivity index (χ3n) is 5.36. The summed E-state index contributed by atoms with van der Waals surface area (Å²) < 4.78 is 14.3. The smallest absolute Gasteiger partial charge is 0.269 e. The first-order chi connectivity index (χ1) is 14.1. The van der Waals surface area contributed by atoms with Crippen LogP contribution in [0.5, 0.6) is 0 Å². The Morgan fingerprint density at radius 1 is 0.897 bits per heavy atom. The van der Waals surface area contributed by atoms with Crippen molar-refractivity contribution in [2.24, 2.45) is 0 Å². The third kappa shape index (κ3) is 2.59. The number of amides is 2. The van der Waals surface area contributed by atoms with Crippen LogP contribution in [0.4, 0.5) is 15.8 Å². The summed E-state index contributed by atoms with van der Waals surface area (Å²) in [4.78, 5) is 28.7. The molecule has 1 atom stereocenters. The first kappa shape index (κ1) is 17.9. The number of carbonyl (C=O) groups excluding carboxylic acids is 2. The molecule has 29 heavy (non-hydrogen) atoms. The number of anilines is 2. The average Bonchev–Trinajstić information content (AvgIpc) is 3.21. The lowest BCUT2D eigenvalue weighted by Crippen LogP contribution is -2.49. The van der Waals surface area contributed by atoms with Crippen LogP contribution in [0, 0.1) is 5.82 Å². The molecule has 0 saturated carbocycles. The zero-order valence-electron chi connectivity index (χ0n) is 15.4. The molecule has 1 spiro atoms. The highest BCUT2D eigenvalue weighted by Crippen LogP contribution is 2.55. The van der Waals surface area contributed by atoms with Crippen LogP contribution in [0.3, 0.4) is 0 Å². The summed E-state index contributed by atoms with van der Waals surface area (Å²) >= 11 is 1.32. The number of halogens is 1. The van der Waals surface area contributed by atoms with Gasteiger partial charge in [-0.3, -0.25) is 14.5 Å². The molecule has 144 valence electrons. The number of carbonyl (C=O) groups is 2. The minimum absolute atomic E-state index is 0.113. The Hall–Kier alpha value is -3.12. The van der Waals surface area contributed by atoms with E-state index in [1.54, 1.807) is 28.0 Å². The van der Waals surface area contributed by atoms with E-state index in [2.05, 4.69) is 0 Å². The number of nitrogens with zero attached hydrogens (tertiary/aromatic N) is 2. The quantitative estimate of drug-likeness (QED) is 0.653. The maximum Gasteiger partial charge on any atom is 0.269 e. The second kappa shape index (κ2) is 6.74. The van der Waals surface area contributed by atoms with Crippen LogP contribution >= 0.6 is 11.8 Å². The molecule has 4 nitrogen and oxygen atoms in total. The molecule has 0 unspecified atom stereocenters. The number of fused-ring (bicyclic) bond motifs is 2. The Kier molecular flexibility index (Phi) is 4.17. The second-order valence-corrected chi connectivity index (χ2v) is 8.17. The minimum atomic E-state index is -1.17. The Balaban J connectivity index is 1.66. The SMILES string of the molecule is O=C1CS[C@]2(C(=O)N(Cc3ccccc3F)c3ccccc32)N1c1ccccc1. The lowest BCUT2D eigenvalue weighted by molar-refractivity contribution is -0.123. The van der Waals surface area contributed by atoms with Gasteiger partial charge in [-0.2, -0.15) is 0 Å². The van der Waals surface area contributed by atoms with Gasteiger partial charge in [0.15, 0.2) is 0 Å². The average molecular weight is 404 g/mol. The number of rotatable bonds is 3. The van der Waals surface area contributed by atoms with Crippen molar-refractivity contribution in [3.05, 3.63) is 95.8 Å². The third-order valence-corrected chi connectivity index (χ3v) is 6.75. The minimum Gasteiger partial charge on any atom is -0.304 e. The molecule has 2 aliphatic rings. The highest BCUT2D eigenvalue weighted by Gasteiger charge is 2.60. The Morgan fingerprint density at radius 2 is 1.59 bits per heavy atom. The van der Waals surface area contributed by atoms with Gasteiger partial charge in [0.25, 0.3) is 5.91 Å². The van der Waals surface area contributed by atoms with Crippen molar-refractivity contribution in [2.45, 2.75) is 11.4 Å². The summed E-state index contributed by atoms with van der Waals surface area (Å²) in [7, 11) is 0. The first-order valence-corrected chi connectivity index (χ1v) is 10.3. The molecule has 2 heterocycles. The lowest BCUT2D eigenvalue weighted by atomic mass is 10.0. The predicted molar refractivity (Wildman–Crippen MR) is 112 cm³/mol. The van der Waals surface area contributed by atoms with Crippen molar-refractivity contribution in [3.8, 4) is 0 Å². The molecule has 5 rings (SSSR count). The van der Waals surface area contributed by atoms with Crippen LogP contribution in [0.15, 0.2) is 78.9 Å². The van der Waals surface area contributed by atoms with Gasteiger partial charge in [-0.15, -0.1) is 11.8 Å². The molecule has 1 fully saturated rings. The molecule has 0 radical (unpaired) electrons. The van der Waals surface area contributed by atoms with E-state index in [-0.39, 0.29) is 29.9 Å². The zero-order valence-corrected chi connectivity index (χ0v) is 16.2. The van der Waals surface area contributed by atoms with E-state index >= 15 is 0 Å². The number of thioether (sulfide) groups is 1. The van der Waals surface area contributed by atoms with E-state index in [0.717, 1.165) is 5.56 Å². The number of hydrogen-bond acceptors (Lipinski definition) is 3. The number of para-hydroxylation sites is 2. The van der Waals surface area contributed by atoms with Crippen molar-refractivity contribution in [1.29, 1.82) is 0 Å². The van der Waals surface area contributed by atoms with E-state index in [4.69, 9.17) is 0 Å². The Morgan fingerprint density at radius 3 is 2.38 bits per heavy atom. The molecule has 0 N–H and O–H groups in total. The fraction of sp³-hybridized carbons (Fsp3) is 0.130. The van der Waals surface area contributed by atoms with Crippen molar-refractivity contribution in [1.82, 2.24) is 0 Å². The maximum atomic E-state index is 14.3. The molecule has 3 aromatic carbocycles. The molecule has 3 aromatic rings. The number of hydrogen-bond donors (Lipinski definition) is 0. The van der Waals surface area contributed by atoms with Crippen LogP contribution < -0.4 is 9.80 Å². The highest BCUT2D eigenvalue weighted by molar-refractivity contribution is 8.02. The molecule has 0 aliphatic carbocycles. The van der Waals surface area contributed by atoms with Crippen molar-refractivity contribution < 1.29 is 14.0 Å². The standard InChI is InChI=1S/C23H17FN2O2S/c24-19-12-6-4-8-16(19)14-25-20-13-7-5-11-18(20)23(22(25)28)26(21(27)15-29-23)17-9-2-1-3-10-17/h1-13H,14-15H2/t23-/m1/s1. The van der Waals surface area contributed by atoms with E-state index in [9.17, 15) is 14.0 Å². The summed E-state index contributed by atoms with van der Waals surface area (Å²) in [5.74, 6) is -0.477. The van der Waals surface area contributed by atoms with Crippen LogP contribution in [0.25, 0.3) is 0 Å². The van der Waals surface area contributed by atoms with E-state index < -0.39 is 4.87 Å². The molecule has 2 amide bonds. The predicted octanol–water partition coefficient (Wildman–Crippen LogP) is 4.31. The van der Waals surface area contributed by atoms with Crippen LogP contribution in [-0.4, -0.2) is 17.6 Å². The van der Waals surface area contributed by atoms with Crippen LogP contribution in [-0.2, 0) is 21.0 Å². The van der Waals surface area contributed by atoms with E-state index in [1.165, 1.54) is 17.8 Å². The fourth-order valence-corrected chi connectivity index (χ4v) is 5.45. The second-order valence-electron chi connectivity index (χ2n) is 7.00. The highest BCUT2D eigenvalue weighted by atomic mass is 32.2. The van der Waals surface area contributed by atoms with Crippen molar-refractivity contribution in [2.75, 3.05) is 15.6 Å². The Labute approximate surface area is 171 Å². The molecule has 1 saturated heterocycles. The summed E-state index contributed by atoms with van der Waals surface area (Å²) in [5, 5.41) is 0. The van der Waals surface area contributed by atoms with Gasteiger partial charge in [0.2, 0.25) is 10.8 Å². The van der Waals surface area contributed by atoms with Crippen LogP contribution in [0.1, 0.15) is 11.1 Å². The van der Waals surface area contributed by atoms with Crippen molar-refractivity contribution >= 4 is 35.0 Å². The topological polar surface area (TPSA) is 40.6 Å². The van der Waals surface area contributed by atoms with Gasteiger partial charge in [-0.25, -0.2) is 4.39 Å². The van der Waals surface area contributed by atoms with E-state index in [1.807, 2.05) is 54.6 Å².